The third kappa shape index (κ3) is 4.49. The van der Waals surface area contributed by atoms with Crippen LogP contribution in [0, 0.1) is 6.92 Å². The number of H-pyrrole nitrogens is 1. The number of hydrogen-bond acceptors (Lipinski definition) is 4. The highest BCUT2D eigenvalue weighted by atomic mass is 16.5. The van der Waals surface area contributed by atoms with Crippen molar-refractivity contribution >= 4 is 0 Å². The van der Waals surface area contributed by atoms with Crippen molar-refractivity contribution in [2.24, 2.45) is 0 Å². The molecule has 0 atom stereocenters. The van der Waals surface area contributed by atoms with Crippen LogP contribution in [0.25, 0.3) is 0 Å². The molecule has 18 heavy (non-hydrogen) atoms. The molecule has 0 unspecified atom stereocenters. The zero-order valence-corrected chi connectivity index (χ0v) is 11.9. The van der Waals surface area contributed by atoms with Crippen molar-refractivity contribution in [3.8, 4) is 5.88 Å². The Hall–Kier alpha value is -1.36. The van der Waals surface area contributed by atoms with Gasteiger partial charge in [-0.05, 0) is 34.6 Å². The van der Waals surface area contributed by atoms with Gasteiger partial charge < -0.3 is 9.72 Å². The Morgan fingerprint density at radius 2 is 1.94 bits per heavy atom. The summed E-state index contributed by atoms with van der Waals surface area (Å²) in [6, 6.07) is 2.33. The van der Waals surface area contributed by atoms with Crippen molar-refractivity contribution in [2.45, 2.75) is 46.7 Å². The molecule has 1 heterocycles. The van der Waals surface area contributed by atoms with Crippen molar-refractivity contribution in [3.63, 3.8) is 0 Å². The molecule has 5 nitrogen and oxygen atoms in total. The quantitative estimate of drug-likeness (QED) is 0.836. The fourth-order valence-electron chi connectivity index (χ4n) is 1.99. The molecule has 0 aliphatic heterocycles. The highest BCUT2D eigenvalue weighted by Crippen LogP contribution is 2.06. The number of aromatic nitrogens is 2. The van der Waals surface area contributed by atoms with Crippen LogP contribution in [0.2, 0.25) is 0 Å². The van der Waals surface area contributed by atoms with E-state index in [2.05, 4.69) is 42.6 Å². The van der Waals surface area contributed by atoms with Crippen LogP contribution in [0.3, 0.4) is 0 Å². The second kappa shape index (κ2) is 6.54. The average Bonchev–Trinajstić information content (AvgIpc) is 2.21. The molecule has 0 aliphatic carbocycles. The van der Waals surface area contributed by atoms with Crippen LogP contribution < -0.4 is 10.3 Å². The standard InChI is InChI=1S/C13H23N3O2/c1-9(2)16(10(3)4)6-7-18-13-8-12(17)14-11(5)15-13/h8-10H,6-7H2,1-5H3,(H,14,15,17). The van der Waals surface area contributed by atoms with E-state index in [0.717, 1.165) is 6.54 Å². The van der Waals surface area contributed by atoms with Crippen LogP contribution in [0.15, 0.2) is 10.9 Å². The van der Waals surface area contributed by atoms with E-state index < -0.39 is 0 Å². The number of nitrogens with one attached hydrogen (secondary N) is 1. The van der Waals surface area contributed by atoms with E-state index in [0.29, 0.717) is 30.4 Å². The minimum Gasteiger partial charge on any atom is -0.476 e. The molecule has 0 bridgehead atoms. The summed E-state index contributed by atoms with van der Waals surface area (Å²) in [7, 11) is 0. The maximum absolute atomic E-state index is 11.2. The predicted octanol–water partition coefficient (Wildman–Crippen LogP) is 1.58. The van der Waals surface area contributed by atoms with Gasteiger partial charge in [0.05, 0.1) is 6.07 Å². The maximum Gasteiger partial charge on any atom is 0.254 e. The summed E-state index contributed by atoms with van der Waals surface area (Å²) in [5.41, 5.74) is -0.179. The maximum atomic E-state index is 11.2. The summed E-state index contributed by atoms with van der Waals surface area (Å²) in [6.45, 7) is 11.7. The molecule has 102 valence electrons. The second-order valence-electron chi connectivity index (χ2n) is 4.94. The van der Waals surface area contributed by atoms with E-state index in [4.69, 9.17) is 4.74 Å². The summed E-state index contributed by atoms with van der Waals surface area (Å²) in [4.78, 5) is 20.3. The third-order valence-corrected chi connectivity index (χ3v) is 2.76. The van der Waals surface area contributed by atoms with Gasteiger partial charge in [-0.3, -0.25) is 9.69 Å². The molecule has 1 rings (SSSR count). The second-order valence-corrected chi connectivity index (χ2v) is 4.94. The van der Waals surface area contributed by atoms with Gasteiger partial charge in [0.1, 0.15) is 12.4 Å². The summed E-state index contributed by atoms with van der Waals surface area (Å²) in [5.74, 6) is 0.964. The first-order chi connectivity index (χ1) is 8.40. The monoisotopic (exact) mass is 253 g/mol. The lowest BCUT2D eigenvalue weighted by molar-refractivity contribution is 0.140. The Bertz CT molecular complexity index is 418. The van der Waals surface area contributed by atoms with E-state index in [-0.39, 0.29) is 5.56 Å². The van der Waals surface area contributed by atoms with Crippen LogP contribution >= 0.6 is 0 Å². The SMILES string of the molecule is Cc1nc(OCCN(C(C)C)C(C)C)cc(=O)[nH]1. The Kier molecular flexibility index (Phi) is 5.34. The van der Waals surface area contributed by atoms with Gasteiger partial charge in [0, 0.05) is 18.6 Å². The Balaban J connectivity index is 2.52. The van der Waals surface area contributed by atoms with Gasteiger partial charge in [0.25, 0.3) is 5.56 Å². The zero-order chi connectivity index (χ0) is 13.7. The molecule has 0 radical (unpaired) electrons. The number of aryl methyl sites for hydroxylation is 1. The van der Waals surface area contributed by atoms with Gasteiger partial charge in [-0.25, -0.2) is 4.98 Å². The van der Waals surface area contributed by atoms with Crippen molar-refractivity contribution in [3.05, 3.63) is 22.2 Å². The van der Waals surface area contributed by atoms with Gasteiger partial charge in [-0.15, -0.1) is 0 Å². The first kappa shape index (κ1) is 14.7. The van der Waals surface area contributed by atoms with Gasteiger partial charge in [-0.2, -0.15) is 0 Å². The Morgan fingerprint density at radius 1 is 1.33 bits per heavy atom. The highest BCUT2D eigenvalue weighted by molar-refractivity contribution is 5.07. The van der Waals surface area contributed by atoms with Crippen LogP contribution in [-0.4, -0.2) is 40.1 Å². The van der Waals surface area contributed by atoms with Crippen LogP contribution in [0.4, 0.5) is 0 Å². The lowest BCUT2D eigenvalue weighted by Crippen LogP contribution is -2.39. The molecular formula is C13H23N3O2. The van der Waals surface area contributed by atoms with Crippen molar-refractivity contribution in [1.29, 1.82) is 0 Å². The van der Waals surface area contributed by atoms with E-state index in [1.165, 1.54) is 6.07 Å². The van der Waals surface area contributed by atoms with Gasteiger partial charge in [0.2, 0.25) is 5.88 Å². The first-order valence-corrected chi connectivity index (χ1v) is 6.36. The molecule has 0 amide bonds. The molecular weight excluding hydrogens is 230 g/mol. The lowest BCUT2D eigenvalue weighted by Gasteiger charge is -2.30. The molecule has 0 aliphatic rings. The number of nitrogens with zero attached hydrogens (tertiary/aromatic N) is 2. The Morgan fingerprint density at radius 3 is 2.44 bits per heavy atom. The summed E-state index contributed by atoms with van der Waals surface area (Å²) < 4.78 is 5.53. The summed E-state index contributed by atoms with van der Waals surface area (Å²) in [5, 5.41) is 0. The van der Waals surface area contributed by atoms with Gasteiger partial charge >= 0.3 is 0 Å². The van der Waals surface area contributed by atoms with E-state index in [1.807, 2.05) is 0 Å². The highest BCUT2D eigenvalue weighted by Gasteiger charge is 2.13. The van der Waals surface area contributed by atoms with Crippen LogP contribution in [0.1, 0.15) is 33.5 Å². The normalized spacial score (nSPS) is 11.6. The van der Waals surface area contributed by atoms with Crippen LogP contribution in [0.5, 0.6) is 5.88 Å². The van der Waals surface area contributed by atoms with Crippen molar-refractivity contribution in [1.82, 2.24) is 14.9 Å². The minimum atomic E-state index is -0.179. The molecule has 0 aromatic carbocycles. The summed E-state index contributed by atoms with van der Waals surface area (Å²) in [6.07, 6.45) is 0. The fraction of sp³-hybridized carbons (Fsp3) is 0.692. The average molecular weight is 253 g/mol. The lowest BCUT2D eigenvalue weighted by atomic mass is 10.2. The molecule has 5 heteroatoms. The van der Waals surface area contributed by atoms with Crippen LogP contribution in [-0.2, 0) is 0 Å². The first-order valence-electron chi connectivity index (χ1n) is 6.36. The number of hydrogen-bond donors (Lipinski definition) is 1. The molecule has 1 aromatic rings. The van der Waals surface area contributed by atoms with Gasteiger partial charge in [0.15, 0.2) is 0 Å². The summed E-state index contributed by atoms with van der Waals surface area (Å²) >= 11 is 0. The Labute approximate surface area is 108 Å². The number of ether oxygens (including phenoxy) is 1. The molecule has 0 fully saturated rings. The topological polar surface area (TPSA) is 58.2 Å². The zero-order valence-electron chi connectivity index (χ0n) is 11.9. The number of aromatic amines is 1. The molecule has 0 spiro atoms. The van der Waals surface area contributed by atoms with E-state index >= 15 is 0 Å². The van der Waals surface area contributed by atoms with E-state index in [1.54, 1.807) is 6.92 Å². The fourth-order valence-corrected chi connectivity index (χ4v) is 1.99. The van der Waals surface area contributed by atoms with Crippen molar-refractivity contribution < 1.29 is 4.74 Å². The number of rotatable bonds is 6. The van der Waals surface area contributed by atoms with Gasteiger partial charge in [-0.1, -0.05) is 0 Å². The minimum absolute atomic E-state index is 0.179. The molecule has 0 saturated heterocycles. The smallest absolute Gasteiger partial charge is 0.254 e. The van der Waals surface area contributed by atoms with E-state index in [9.17, 15) is 4.79 Å². The molecule has 1 aromatic heterocycles. The molecule has 0 saturated carbocycles. The molecule has 1 N–H and O–H groups in total. The predicted molar refractivity (Wildman–Crippen MR) is 72.1 cm³/mol. The largest absolute Gasteiger partial charge is 0.476 e. The van der Waals surface area contributed by atoms with Crippen molar-refractivity contribution in [2.75, 3.05) is 13.2 Å². The third-order valence-electron chi connectivity index (χ3n) is 2.76.